The fourth-order valence-corrected chi connectivity index (χ4v) is 2.56. The van der Waals surface area contributed by atoms with Gasteiger partial charge in [-0.2, -0.15) is 0 Å². The third-order valence-corrected chi connectivity index (χ3v) is 3.80. The fraction of sp³-hybridized carbons (Fsp3) is 0.368. The summed E-state index contributed by atoms with van der Waals surface area (Å²) in [5.74, 6) is 2.36. The van der Waals surface area contributed by atoms with Gasteiger partial charge in [-0.15, -0.1) is 0 Å². The molecule has 1 aliphatic rings. The van der Waals surface area contributed by atoms with Crippen LogP contribution in [0, 0.1) is 0 Å². The quantitative estimate of drug-likeness (QED) is 0.731. The van der Waals surface area contributed by atoms with Crippen LogP contribution in [-0.2, 0) is 4.74 Å². The second-order valence-corrected chi connectivity index (χ2v) is 5.52. The van der Waals surface area contributed by atoms with E-state index in [2.05, 4.69) is 4.90 Å². The maximum atomic E-state index is 5.92. The zero-order valence-corrected chi connectivity index (χ0v) is 13.3. The van der Waals surface area contributed by atoms with E-state index in [1.54, 1.807) is 0 Å². The van der Waals surface area contributed by atoms with E-state index in [9.17, 15) is 0 Å². The molecule has 0 aliphatic carbocycles. The molecule has 3 rings (SSSR count). The van der Waals surface area contributed by atoms with Gasteiger partial charge in [-0.3, -0.25) is 4.90 Å². The molecule has 0 radical (unpaired) electrons. The highest BCUT2D eigenvalue weighted by Crippen LogP contribution is 2.31. The summed E-state index contributed by atoms with van der Waals surface area (Å²) in [5.41, 5.74) is 0. The van der Waals surface area contributed by atoms with Gasteiger partial charge in [0.05, 0.1) is 19.8 Å². The predicted octanol–water partition coefficient (Wildman–Crippen LogP) is 3.58. The van der Waals surface area contributed by atoms with Crippen molar-refractivity contribution in [3.05, 3.63) is 54.6 Å². The molecule has 4 heteroatoms. The first-order chi connectivity index (χ1) is 11.4. The molecule has 0 saturated carbocycles. The molecule has 1 fully saturated rings. The van der Waals surface area contributed by atoms with Crippen molar-refractivity contribution in [2.24, 2.45) is 0 Å². The van der Waals surface area contributed by atoms with E-state index in [1.165, 1.54) is 0 Å². The molecular weight excluding hydrogens is 290 g/mol. The molecule has 1 saturated heterocycles. The molecule has 0 unspecified atom stereocenters. The largest absolute Gasteiger partial charge is 0.490 e. The molecule has 0 N–H and O–H groups in total. The van der Waals surface area contributed by atoms with Crippen LogP contribution in [-0.4, -0.2) is 44.4 Å². The van der Waals surface area contributed by atoms with Crippen molar-refractivity contribution in [3.63, 3.8) is 0 Å². The van der Waals surface area contributed by atoms with Gasteiger partial charge >= 0.3 is 0 Å². The summed E-state index contributed by atoms with van der Waals surface area (Å²) in [5, 5.41) is 0. The van der Waals surface area contributed by atoms with Gasteiger partial charge in [0.2, 0.25) is 0 Å². The zero-order chi connectivity index (χ0) is 15.7. The summed E-state index contributed by atoms with van der Waals surface area (Å²) >= 11 is 0. The van der Waals surface area contributed by atoms with Crippen LogP contribution in [0.15, 0.2) is 54.6 Å². The lowest BCUT2D eigenvalue weighted by atomic mass is 10.3. The van der Waals surface area contributed by atoms with Crippen LogP contribution in [0.25, 0.3) is 0 Å². The van der Waals surface area contributed by atoms with E-state index in [0.29, 0.717) is 6.61 Å². The number of benzene rings is 2. The Morgan fingerprint density at radius 3 is 2.35 bits per heavy atom. The van der Waals surface area contributed by atoms with E-state index < -0.39 is 0 Å². The summed E-state index contributed by atoms with van der Waals surface area (Å²) in [6, 6.07) is 17.6. The Morgan fingerprint density at radius 1 is 0.870 bits per heavy atom. The average molecular weight is 313 g/mol. The highest BCUT2D eigenvalue weighted by Gasteiger charge is 2.10. The lowest BCUT2D eigenvalue weighted by molar-refractivity contribution is 0.0357. The second-order valence-electron chi connectivity index (χ2n) is 5.52. The number of hydrogen-bond acceptors (Lipinski definition) is 4. The Kier molecular flexibility index (Phi) is 5.89. The summed E-state index contributed by atoms with van der Waals surface area (Å²) in [7, 11) is 0. The average Bonchev–Trinajstić information content (AvgIpc) is 2.62. The van der Waals surface area contributed by atoms with Crippen molar-refractivity contribution in [1.29, 1.82) is 0 Å². The number of ether oxygens (including phenoxy) is 3. The summed E-state index contributed by atoms with van der Waals surface area (Å²) in [4.78, 5) is 2.42. The van der Waals surface area contributed by atoms with Crippen molar-refractivity contribution in [1.82, 2.24) is 4.90 Å². The molecule has 122 valence electrons. The van der Waals surface area contributed by atoms with Gasteiger partial charge in [-0.05, 0) is 30.7 Å². The first-order valence-corrected chi connectivity index (χ1v) is 8.17. The van der Waals surface area contributed by atoms with Crippen LogP contribution >= 0.6 is 0 Å². The topological polar surface area (TPSA) is 30.9 Å². The smallest absolute Gasteiger partial charge is 0.169 e. The molecule has 0 spiro atoms. The highest BCUT2D eigenvalue weighted by molar-refractivity contribution is 5.42. The van der Waals surface area contributed by atoms with Crippen LogP contribution in [0.1, 0.15) is 6.42 Å². The highest BCUT2D eigenvalue weighted by atomic mass is 16.5. The first kappa shape index (κ1) is 15.8. The Morgan fingerprint density at radius 2 is 1.57 bits per heavy atom. The Bertz CT molecular complexity index is 582. The Balaban J connectivity index is 1.49. The SMILES string of the molecule is c1ccc(Oc2ccccc2OCCCN2CCOCC2)cc1. The number of morpholine rings is 1. The van der Waals surface area contributed by atoms with Gasteiger partial charge < -0.3 is 14.2 Å². The Hall–Kier alpha value is -2.04. The molecule has 1 aliphatic heterocycles. The molecule has 2 aromatic carbocycles. The van der Waals surface area contributed by atoms with Gasteiger partial charge in [0.1, 0.15) is 5.75 Å². The normalized spacial score (nSPS) is 15.3. The number of para-hydroxylation sites is 3. The summed E-state index contributed by atoms with van der Waals surface area (Å²) < 4.78 is 17.2. The van der Waals surface area contributed by atoms with Crippen LogP contribution in [0.4, 0.5) is 0 Å². The van der Waals surface area contributed by atoms with Crippen LogP contribution in [0.2, 0.25) is 0 Å². The van der Waals surface area contributed by atoms with Gasteiger partial charge in [-0.1, -0.05) is 30.3 Å². The lowest BCUT2D eigenvalue weighted by Gasteiger charge is -2.26. The van der Waals surface area contributed by atoms with Gasteiger partial charge in [-0.25, -0.2) is 0 Å². The molecular formula is C19H23NO3. The molecule has 0 aromatic heterocycles. The van der Waals surface area contributed by atoms with Gasteiger partial charge in [0.25, 0.3) is 0 Å². The molecule has 0 atom stereocenters. The number of hydrogen-bond donors (Lipinski definition) is 0. The molecule has 0 bridgehead atoms. The van der Waals surface area contributed by atoms with Gasteiger partial charge in [0, 0.05) is 19.6 Å². The Labute approximate surface area is 137 Å². The van der Waals surface area contributed by atoms with Crippen LogP contribution < -0.4 is 9.47 Å². The molecule has 2 aromatic rings. The van der Waals surface area contributed by atoms with Gasteiger partial charge in [0.15, 0.2) is 11.5 Å². The van der Waals surface area contributed by atoms with E-state index >= 15 is 0 Å². The van der Waals surface area contributed by atoms with E-state index in [0.717, 1.165) is 56.5 Å². The van der Waals surface area contributed by atoms with E-state index in [-0.39, 0.29) is 0 Å². The van der Waals surface area contributed by atoms with Crippen molar-refractivity contribution >= 4 is 0 Å². The van der Waals surface area contributed by atoms with Crippen molar-refractivity contribution in [2.75, 3.05) is 39.5 Å². The van der Waals surface area contributed by atoms with E-state index in [4.69, 9.17) is 14.2 Å². The summed E-state index contributed by atoms with van der Waals surface area (Å²) in [6.07, 6.45) is 1.000. The van der Waals surface area contributed by atoms with Crippen LogP contribution in [0.5, 0.6) is 17.2 Å². The zero-order valence-electron chi connectivity index (χ0n) is 13.3. The second kappa shape index (κ2) is 8.56. The minimum absolute atomic E-state index is 0.687. The predicted molar refractivity (Wildman–Crippen MR) is 90.3 cm³/mol. The minimum Gasteiger partial charge on any atom is -0.490 e. The molecule has 4 nitrogen and oxygen atoms in total. The molecule has 23 heavy (non-hydrogen) atoms. The van der Waals surface area contributed by atoms with Crippen molar-refractivity contribution in [2.45, 2.75) is 6.42 Å². The monoisotopic (exact) mass is 313 g/mol. The van der Waals surface area contributed by atoms with Crippen molar-refractivity contribution < 1.29 is 14.2 Å². The molecule has 1 heterocycles. The lowest BCUT2D eigenvalue weighted by Crippen LogP contribution is -2.37. The van der Waals surface area contributed by atoms with E-state index in [1.807, 2.05) is 54.6 Å². The van der Waals surface area contributed by atoms with Crippen LogP contribution in [0.3, 0.4) is 0 Å². The maximum absolute atomic E-state index is 5.92. The third-order valence-electron chi connectivity index (χ3n) is 3.80. The summed E-state index contributed by atoms with van der Waals surface area (Å²) in [6.45, 7) is 5.46. The standard InChI is InChI=1S/C19H23NO3/c1-2-7-17(8-3-1)23-19-10-5-4-9-18(19)22-14-6-11-20-12-15-21-16-13-20/h1-5,7-10H,6,11-16H2. The van der Waals surface area contributed by atoms with Crippen molar-refractivity contribution in [3.8, 4) is 17.2 Å². The maximum Gasteiger partial charge on any atom is 0.169 e. The number of nitrogens with zero attached hydrogens (tertiary/aromatic N) is 1. The molecule has 0 amide bonds. The number of rotatable bonds is 7. The fourth-order valence-electron chi connectivity index (χ4n) is 2.56. The third kappa shape index (κ3) is 4.98. The minimum atomic E-state index is 0.687. The first-order valence-electron chi connectivity index (χ1n) is 8.17.